The summed E-state index contributed by atoms with van der Waals surface area (Å²) in [5.41, 5.74) is 1.61. The Kier molecular flexibility index (Phi) is 8.48. The minimum Gasteiger partial charge on any atom is -0.494 e. The molecule has 9 heteroatoms. The molecule has 0 unspecified atom stereocenters. The van der Waals surface area contributed by atoms with Crippen molar-refractivity contribution < 1.29 is 28.5 Å². The molecule has 0 spiro atoms. The van der Waals surface area contributed by atoms with Crippen molar-refractivity contribution in [2.45, 2.75) is 19.8 Å². The zero-order valence-electron chi connectivity index (χ0n) is 20.1. The highest BCUT2D eigenvalue weighted by atomic mass is 35.5. The summed E-state index contributed by atoms with van der Waals surface area (Å²) in [6.45, 7) is 2.75. The lowest BCUT2D eigenvalue weighted by Gasteiger charge is -2.10. The van der Waals surface area contributed by atoms with E-state index in [2.05, 4.69) is 11.9 Å². The first-order valence-electron chi connectivity index (χ1n) is 11.5. The van der Waals surface area contributed by atoms with Crippen LogP contribution in [0.25, 0.3) is 6.08 Å². The van der Waals surface area contributed by atoms with Gasteiger partial charge < -0.3 is 18.9 Å². The monoisotopic (exact) mass is 539 g/mol. The first-order valence-corrected chi connectivity index (χ1v) is 12.2. The van der Waals surface area contributed by atoms with E-state index in [0.29, 0.717) is 22.8 Å². The van der Waals surface area contributed by atoms with Crippen LogP contribution in [0.3, 0.4) is 0 Å². The molecule has 0 amide bonds. The summed E-state index contributed by atoms with van der Waals surface area (Å²) in [6, 6.07) is 16.5. The topological polar surface area (TPSA) is 83.4 Å². The third-order valence-electron chi connectivity index (χ3n) is 5.34. The lowest BCUT2D eigenvalue weighted by molar-refractivity contribution is -0.129. The van der Waals surface area contributed by atoms with Crippen molar-refractivity contribution in [2.24, 2.45) is 4.99 Å². The molecule has 3 aromatic rings. The fourth-order valence-electron chi connectivity index (χ4n) is 3.36. The predicted octanol–water partition coefficient (Wildman–Crippen LogP) is 6.74. The molecule has 1 aliphatic heterocycles. The van der Waals surface area contributed by atoms with Gasteiger partial charge in [-0.05, 0) is 72.7 Å². The van der Waals surface area contributed by atoms with Crippen LogP contribution in [0.1, 0.15) is 41.3 Å². The number of hydrogen-bond donors (Lipinski definition) is 0. The molecule has 0 aliphatic carbocycles. The van der Waals surface area contributed by atoms with Gasteiger partial charge in [0, 0.05) is 5.56 Å². The molecule has 0 aromatic heterocycles. The molecule has 0 atom stereocenters. The van der Waals surface area contributed by atoms with Crippen molar-refractivity contribution in [2.75, 3.05) is 13.7 Å². The second-order valence-corrected chi connectivity index (χ2v) is 8.81. The van der Waals surface area contributed by atoms with E-state index in [1.54, 1.807) is 36.4 Å². The van der Waals surface area contributed by atoms with E-state index in [1.807, 2.05) is 12.1 Å². The largest absolute Gasteiger partial charge is 0.494 e. The van der Waals surface area contributed by atoms with Gasteiger partial charge in [0.05, 0.1) is 29.3 Å². The van der Waals surface area contributed by atoms with Gasteiger partial charge in [0.15, 0.2) is 17.2 Å². The van der Waals surface area contributed by atoms with Gasteiger partial charge in [0.1, 0.15) is 5.75 Å². The second-order valence-electron chi connectivity index (χ2n) is 7.99. The molecule has 0 N–H and O–H groups in total. The number of methoxy groups -OCH3 is 1. The van der Waals surface area contributed by atoms with E-state index >= 15 is 0 Å². The van der Waals surface area contributed by atoms with Crippen LogP contribution >= 0.6 is 23.2 Å². The van der Waals surface area contributed by atoms with E-state index in [-0.39, 0.29) is 33.7 Å². The Morgan fingerprint density at radius 3 is 2.49 bits per heavy atom. The number of rotatable bonds is 9. The van der Waals surface area contributed by atoms with Crippen LogP contribution in [0, 0.1) is 0 Å². The lowest BCUT2D eigenvalue weighted by Crippen LogP contribution is -2.09. The van der Waals surface area contributed by atoms with Crippen molar-refractivity contribution in [3.8, 4) is 17.2 Å². The smallest absolute Gasteiger partial charge is 0.363 e. The summed E-state index contributed by atoms with van der Waals surface area (Å²) in [7, 11) is 1.44. The highest BCUT2D eigenvalue weighted by Gasteiger charge is 2.24. The summed E-state index contributed by atoms with van der Waals surface area (Å²) in [4.78, 5) is 29.3. The Morgan fingerprint density at radius 2 is 1.78 bits per heavy atom. The van der Waals surface area contributed by atoms with E-state index < -0.39 is 11.9 Å². The summed E-state index contributed by atoms with van der Waals surface area (Å²) in [6.07, 6.45) is 3.59. The Morgan fingerprint density at radius 1 is 1.00 bits per heavy atom. The molecule has 1 aliphatic rings. The van der Waals surface area contributed by atoms with Crippen molar-refractivity contribution in [3.05, 3.63) is 93.1 Å². The van der Waals surface area contributed by atoms with Crippen molar-refractivity contribution in [1.82, 2.24) is 0 Å². The summed E-state index contributed by atoms with van der Waals surface area (Å²) < 4.78 is 21.9. The van der Waals surface area contributed by atoms with E-state index in [9.17, 15) is 9.59 Å². The first kappa shape index (κ1) is 26.3. The van der Waals surface area contributed by atoms with Crippen LogP contribution in [0.2, 0.25) is 10.0 Å². The molecule has 7 nitrogen and oxygen atoms in total. The number of unbranched alkanes of at least 4 members (excludes halogenated alkanes) is 1. The third-order valence-corrected chi connectivity index (χ3v) is 6.08. The number of aliphatic imine (C=N–C) groups is 1. The van der Waals surface area contributed by atoms with Crippen LogP contribution in [0.15, 0.2) is 71.4 Å². The normalized spacial score (nSPS) is 13.8. The van der Waals surface area contributed by atoms with Gasteiger partial charge in [-0.1, -0.05) is 42.6 Å². The van der Waals surface area contributed by atoms with Crippen LogP contribution in [-0.2, 0) is 9.53 Å². The van der Waals surface area contributed by atoms with Crippen molar-refractivity contribution in [3.63, 3.8) is 0 Å². The fourth-order valence-corrected chi connectivity index (χ4v) is 3.66. The van der Waals surface area contributed by atoms with Crippen LogP contribution in [0.5, 0.6) is 17.2 Å². The quantitative estimate of drug-likeness (QED) is 0.129. The maximum Gasteiger partial charge on any atom is 0.363 e. The standard InChI is InChI=1S/C28H23Cl2NO6/c1-3-4-13-35-20-9-6-18(7-10-20)26-31-23(28(33)37-26)14-17-5-12-24(25(15-17)34-2)36-27(32)19-8-11-21(29)22(30)16-19/h5-12,14-16H,3-4,13H2,1-2H3/b23-14-. The molecular formula is C28H23Cl2NO6. The predicted molar refractivity (Wildman–Crippen MR) is 142 cm³/mol. The number of halogens is 2. The molecule has 37 heavy (non-hydrogen) atoms. The summed E-state index contributed by atoms with van der Waals surface area (Å²) in [5, 5.41) is 0.572. The van der Waals surface area contributed by atoms with Gasteiger partial charge in [-0.3, -0.25) is 0 Å². The molecule has 0 saturated carbocycles. The summed E-state index contributed by atoms with van der Waals surface area (Å²) in [5.74, 6) is 0.225. The van der Waals surface area contributed by atoms with Crippen molar-refractivity contribution in [1.29, 1.82) is 0 Å². The molecule has 0 radical (unpaired) electrons. The number of cyclic esters (lactones) is 1. The average molecular weight is 540 g/mol. The number of ether oxygens (including phenoxy) is 4. The van der Waals surface area contributed by atoms with E-state index in [4.69, 9.17) is 42.1 Å². The van der Waals surface area contributed by atoms with Crippen LogP contribution < -0.4 is 14.2 Å². The average Bonchev–Trinajstić information content (AvgIpc) is 3.26. The molecule has 1 heterocycles. The SMILES string of the molecule is CCCCOc1ccc(C2=N/C(=C\c3ccc(OC(=O)c4ccc(Cl)c(Cl)c4)c(OC)c3)C(=O)O2)cc1. The number of benzene rings is 3. The van der Waals surface area contributed by atoms with Crippen LogP contribution in [0.4, 0.5) is 0 Å². The molecular weight excluding hydrogens is 517 g/mol. The Hall–Kier alpha value is -3.81. The minimum absolute atomic E-state index is 0.126. The van der Waals surface area contributed by atoms with Gasteiger partial charge in [0.2, 0.25) is 5.90 Å². The van der Waals surface area contributed by atoms with Gasteiger partial charge >= 0.3 is 11.9 Å². The molecule has 190 valence electrons. The highest BCUT2D eigenvalue weighted by molar-refractivity contribution is 6.42. The third kappa shape index (κ3) is 6.50. The molecule has 0 fully saturated rings. The van der Waals surface area contributed by atoms with Crippen LogP contribution in [-0.4, -0.2) is 31.6 Å². The van der Waals surface area contributed by atoms with Crippen molar-refractivity contribution >= 4 is 47.1 Å². The molecule has 3 aromatic carbocycles. The number of esters is 2. The Balaban J connectivity index is 1.49. The summed E-state index contributed by atoms with van der Waals surface area (Å²) >= 11 is 11.9. The van der Waals surface area contributed by atoms with E-state index in [0.717, 1.165) is 18.6 Å². The second kappa shape index (κ2) is 12.0. The zero-order valence-corrected chi connectivity index (χ0v) is 21.6. The highest BCUT2D eigenvalue weighted by Crippen LogP contribution is 2.31. The van der Waals surface area contributed by atoms with E-state index in [1.165, 1.54) is 25.3 Å². The number of hydrogen-bond acceptors (Lipinski definition) is 7. The first-order chi connectivity index (χ1) is 17.9. The Bertz CT molecular complexity index is 1380. The lowest BCUT2D eigenvalue weighted by atomic mass is 10.1. The molecule has 4 rings (SSSR count). The number of nitrogens with zero attached hydrogens (tertiary/aromatic N) is 1. The fraction of sp³-hybridized carbons (Fsp3) is 0.179. The molecule has 0 saturated heterocycles. The van der Waals surface area contributed by atoms with Gasteiger partial charge in [-0.15, -0.1) is 0 Å². The van der Waals surface area contributed by atoms with Gasteiger partial charge in [-0.2, -0.15) is 0 Å². The minimum atomic E-state index is -0.627. The van der Waals surface area contributed by atoms with Gasteiger partial charge in [-0.25, -0.2) is 14.6 Å². The molecule has 0 bridgehead atoms. The maximum atomic E-state index is 12.5. The number of carbonyl (C=O) groups excluding carboxylic acids is 2. The maximum absolute atomic E-state index is 12.5. The zero-order chi connectivity index (χ0) is 26.4. The Labute approximate surface area is 224 Å². The number of carbonyl (C=O) groups is 2. The van der Waals surface area contributed by atoms with Gasteiger partial charge in [0.25, 0.3) is 0 Å².